The number of piperidine rings is 1. The minimum absolute atomic E-state index is 0. The van der Waals surface area contributed by atoms with Crippen LogP contribution in [0.15, 0.2) is 36.4 Å². The predicted molar refractivity (Wildman–Crippen MR) is 121 cm³/mol. The summed E-state index contributed by atoms with van der Waals surface area (Å²) in [6.45, 7) is 0.846. The Morgan fingerprint density at radius 1 is 1.09 bits per heavy atom. The third kappa shape index (κ3) is 3.50. The molecule has 3 N–H and O–H groups in total. The van der Waals surface area contributed by atoms with E-state index >= 15 is 0 Å². The van der Waals surface area contributed by atoms with Gasteiger partial charge in [0.05, 0.1) is 0 Å². The second kappa shape index (κ2) is 8.27. The van der Waals surface area contributed by atoms with Crippen LogP contribution in [-0.4, -0.2) is 41.1 Å². The first-order valence-electron chi connectivity index (χ1n) is 10.4. The van der Waals surface area contributed by atoms with Crippen molar-refractivity contribution < 1.29 is 19.2 Å². The number of anilines is 2. The Morgan fingerprint density at radius 3 is 2.69 bits per heavy atom. The second-order valence-corrected chi connectivity index (χ2v) is 8.18. The summed E-state index contributed by atoms with van der Waals surface area (Å²) in [4.78, 5) is 53.0. The van der Waals surface area contributed by atoms with E-state index in [1.54, 1.807) is 23.1 Å². The minimum atomic E-state index is -0.673. The molecular formula is C23H23ClN4O4. The molecule has 0 radical (unpaired) electrons. The van der Waals surface area contributed by atoms with Crippen LogP contribution in [0.3, 0.4) is 0 Å². The SMILES string of the molecule is Cl.Nc1cccc2c1CCCN2C(=O)c1ccc2c(c1)CN(C1CCC(=O)NC1=O)C2=O. The number of hydrogen-bond donors (Lipinski definition) is 2. The number of imide groups is 1. The van der Waals surface area contributed by atoms with Gasteiger partial charge in [-0.3, -0.25) is 24.5 Å². The van der Waals surface area contributed by atoms with E-state index in [4.69, 9.17) is 5.73 Å². The molecule has 2 aromatic carbocycles. The van der Waals surface area contributed by atoms with Crippen molar-refractivity contribution >= 4 is 47.4 Å². The number of amides is 4. The molecule has 0 spiro atoms. The molecule has 1 atom stereocenters. The zero-order chi connectivity index (χ0) is 21.7. The van der Waals surface area contributed by atoms with Gasteiger partial charge in [-0.1, -0.05) is 6.07 Å². The highest BCUT2D eigenvalue weighted by atomic mass is 35.5. The molecule has 9 heteroatoms. The van der Waals surface area contributed by atoms with Crippen LogP contribution in [0.5, 0.6) is 0 Å². The van der Waals surface area contributed by atoms with Crippen molar-refractivity contribution in [1.82, 2.24) is 10.2 Å². The number of fused-ring (bicyclic) bond motifs is 2. The lowest BCUT2D eigenvalue weighted by molar-refractivity contribution is -0.136. The first-order chi connectivity index (χ1) is 14.9. The summed E-state index contributed by atoms with van der Waals surface area (Å²) >= 11 is 0. The van der Waals surface area contributed by atoms with Crippen LogP contribution in [0.2, 0.25) is 0 Å². The third-order valence-corrected chi connectivity index (χ3v) is 6.30. The van der Waals surface area contributed by atoms with E-state index < -0.39 is 11.9 Å². The van der Waals surface area contributed by atoms with Crippen LogP contribution in [0.1, 0.15) is 51.1 Å². The molecule has 1 saturated heterocycles. The summed E-state index contributed by atoms with van der Waals surface area (Å²) in [7, 11) is 0. The number of halogens is 1. The molecule has 0 aromatic heterocycles. The van der Waals surface area contributed by atoms with Crippen LogP contribution in [0.4, 0.5) is 11.4 Å². The average molecular weight is 455 g/mol. The summed E-state index contributed by atoms with van der Waals surface area (Å²) in [5.74, 6) is -1.15. The molecule has 1 fully saturated rings. The molecule has 0 aliphatic carbocycles. The maximum absolute atomic E-state index is 13.3. The Balaban J connectivity index is 0.00000245. The Morgan fingerprint density at radius 2 is 1.91 bits per heavy atom. The molecule has 3 aliphatic rings. The molecule has 166 valence electrons. The van der Waals surface area contributed by atoms with Crippen molar-refractivity contribution in [3.8, 4) is 0 Å². The number of nitrogen functional groups attached to an aromatic ring is 1. The van der Waals surface area contributed by atoms with Gasteiger partial charge in [0.25, 0.3) is 11.8 Å². The van der Waals surface area contributed by atoms with E-state index in [1.165, 1.54) is 4.90 Å². The minimum Gasteiger partial charge on any atom is -0.398 e. The van der Waals surface area contributed by atoms with E-state index in [0.29, 0.717) is 35.3 Å². The Bertz CT molecular complexity index is 1150. The number of carbonyl (C=O) groups excluding carboxylic acids is 4. The van der Waals surface area contributed by atoms with Crippen molar-refractivity contribution in [2.24, 2.45) is 0 Å². The molecule has 0 saturated carbocycles. The van der Waals surface area contributed by atoms with Crippen molar-refractivity contribution in [3.05, 3.63) is 58.7 Å². The fourth-order valence-corrected chi connectivity index (χ4v) is 4.73. The highest BCUT2D eigenvalue weighted by molar-refractivity contribution is 6.09. The maximum Gasteiger partial charge on any atom is 0.258 e. The van der Waals surface area contributed by atoms with Gasteiger partial charge in [-0.2, -0.15) is 0 Å². The van der Waals surface area contributed by atoms with Gasteiger partial charge in [-0.15, -0.1) is 12.4 Å². The molecular weight excluding hydrogens is 432 g/mol. The molecule has 4 amide bonds. The summed E-state index contributed by atoms with van der Waals surface area (Å²) in [6.07, 6.45) is 2.19. The van der Waals surface area contributed by atoms with Crippen LogP contribution in [0, 0.1) is 0 Å². The molecule has 8 nitrogen and oxygen atoms in total. The Labute approximate surface area is 191 Å². The van der Waals surface area contributed by atoms with Crippen molar-refractivity contribution in [2.75, 3.05) is 17.2 Å². The lowest BCUT2D eigenvalue weighted by Gasteiger charge is -2.30. The number of nitrogens with one attached hydrogen (secondary N) is 1. The standard InChI is InChI=1S/C23H22N4O4.ClH/c24-17-4-1-5-18-16(17)3-2-10-26(18)22(30)13-6-7-15-14(11-13)12-27(23(15)31)19-8-9-20(28)25-21(19)29;/h1,4-7,11,19H,2-3,8-10,12,24H2,(H,25,28,29);1H. The fourth-order valence-electron chi connectivity index (χ4n) is 4.73. The largest absolute Gasteiger partial charge is 0.398 e. The lowest BCUT2D eigenvalue weighted by Crippen LogP contribution is -2.52. The van der Waals surface area contributed by atoms with Gasteiger partial charge < -0.3 is 15.5 Å². The van der Waals surface area contributed by atoms with Gasteiger partial charge in [0.2, 0.25) is 11.8 Å². The molecule has 3 aliphatic heterocycles. The fraction of sp³-hybridized carbons (Fsp3) is 0.304. The summed E-state index contributed by atoms with van der Waals surface area (Å²) in [6, 6.07) is 9.98. The summed E-state index contributed by atoms with van der Waals surface area (Å²) in [5.41, 5.74) is 10.3. The Hall–Kier alpha value is -3.39. The number of carbonyl (C=O) groups is 4. The normalized spacial score (nSPS) is 19.8. The van der Waals surface area contributed by atoms with Gasteiger partial charge in [0, 0.05) is 42.0 Å². The quantitative estimate of drug-likeness (QED) is 0.532. The van der Waals surface area contributed by atoms with Crippen molar-refractivity contribution in [1.29, 1.82) is 0 Å². The van der Waals surface area contributed by atoms with Crippen LogP contribution < -0.4 is 16.0 Å². The van der Waals surface area contributed by atoms with Gasteiger partial charge >= 0.3 is 0 Å². The van der Waals surface area contributed by atoms with Gasteiger partial charge in [0.1, 0.15) is 6.04 Å². The summed E-state index contributed by atoms with van der Waals surface area (Å²) in [5, 5.41) is 2.30. The molecule has 3 heterocycles. The molecule has 32 heavy (non-hydrogen) atoms. The Kier molecular flexibility index (Phi) is 5.64. The topological polar surface area (TPSA) is 113 Å². The third-order valence-electron chi connectivity index (χ3n) is 6.30. The number of benzene rings is 2. The lowest BCUT2D eigenvalue weighted by atomic mass is 9.98. The highest BCUT2D eigenvalue weighted by Crippen LogP contribution is 2.33. The van der Waals surface area contributed by atoms with Crippen LogP contribution >= 0.6 is 12.4 Å². The summed E-state index contributed by atoms with van der Waals surface area (Å²) < 4.78 is 0. The highest BCUT2D eigenvalue weighted by Gasteiger charge is 2.39. The van der Waals surface area contributed by atoms with E-state index in [9.17, 15) is 19.2 Å². The number of nitrogens with two attached hydrogens (primary N) is 1. The first kappa shape index (κ1) is 21.8. The smallest absolute Gasteiger partial charge is 0.258 e. The van der Waals surface area contributed by atoms with E-state index in [2.05, 4.69) is 5.32 Å². The molecule has 5 rings (SSSR count). The zero-order valence-corrected chi connectivity index (χ0v) is 18.1. The van der Waals surface area contributed by atoms with Crippen LogP contribution in [0.25, 0.3) is 0 Å². The molecule has 0 bridgehead atoms. The first-order valence-corrected chi connectivity index (χ1v) is 10.4. The van der Waals surface area contributed by atoms with E-state index in [0.717, 1.165) is 24.1 Å². The zero-order valence-electron chi connectivity index (χ0n) is 17.3. The molecule has 2 aromatic rings. The monoisotopic (exact) mass is 454 g/mol. The van der Waals surface area contributed by atoms with Gasteiger partial charge in [-0.05, 0) is 60.7 Å². The van der Waals surface area contributed by atoms with Crippen LogP contribution in [-0.2, 0) is 22.6 Å². The molecule has 1 unspecified atom stereocenters. The average Bonchev–Trinajstić information content (AvgIpc) is 3.09. The van der Waals surface area contributed by atoms with E-state index in [1.807, 2.05) is 18.2 Å². The van der Waals surface area contributed by atoms with Gasteiger partial charge in [-0.25, -0.2) is 0 Å². The van der Waals surface area contributed by atoms with E-state index in [-0.39, 0.29) is 43.1 Å². The van der Waals surface area contributed by atoms with Crippen molar-refractivity contribution in [2.45, 2.75) is 38.3 Å². The number of rotatable bonds is 2. The predicted octanol–water partition coefficient (Wildman–Crippen LogP) is 2.04. The number of hydrogen-bond acceptors (Lipinski definition) is 5. The van der Waals surface area contributed by atoms with Gasteiger partial charge in [0.15, 0.2) is 0 Å². The number of nitrogens with zero attached hydrogens (tertiary/aromatic N) is 2. The maximum atomic E-state index is 13.3. The van der Waals surface area contributed by atoms with Crippen molar-refractivity contribution in [3.63, 3.8) is 0 Å². The second-order valence-electron chi connectivity index (χ2n) is 8.18.